The minimum atomic E-state index is -0.116. The van der Waals surface area contributed by atoms with Crippen LogP contribution in [0.5, 0.6) is 0 Å². The van der Waals surface area contributed by atoms with Crippen molar-refractivity contribution in [1.29, 1.82) is 0 Å². The van der Waals surface area contributed by atoms with Crippen molar-refractivity contribution in [3.8, 4) is 0 Å². The van der Waals surface area contributed by atoms with Crippen LogP contribution < -0.4 is 11.3 Å². The van der Waals surface area contributed by atoms with Gasteiger partial charge in [-0.2, -0.15) is 5.10 Å². The molecule has 0 spiro atoms. The van der Waals surface area contributed by atoms with Gasteiger partial charge in [0, 0.05) is 10.5 Å². The van der Waals surface area contributed by atoms with E-state index in [9.17, 15) is 0 Å². The predicted molar refractivity (Wildman–Crippen MR) is 93.1 cm³/mol. The van der Waals surface area contributed by atoms with Crippen molar-refractivity contribution in [2.45, 2.75) is 39.8 Å². The molecule has 3 N–H and O–H groups in total. The highest BCUT2D eigenvalue weighted by molar-refractivity contribution is 9.10. The van der Waals surface area contributed by atoms with E-state index < -0.39 is 0 Å². The van der Waals surface area contributed by atoms with Crippen LogP contribution in [0.15, 0.2) is 27.3 Å². The molecule has 1 unspecified atom stereocenters. The molecule has 2 aromatic rings. The Balaban J connectivity index is 2.58. The normalized spacial score (nSPS) is 13.0. The zero-order valence-electron chi connectivity index (χ0n) is 12.6. The summed E-state index contributed by atoms with van der Waals surface area (Å²) in [6.45, 7) is 8.38. The number of nitrogens with zero attached hydrogens (tertiary/aromatic N) is 2. The number of rotatable bonds is 4. The first-order chi connectivity index (χ1) is 9.86. The summed E-state index contributed by atoms with van der Waals surface area (Å²) in [6, 6.07) is 4.44. The molecule has 6 heteroatoms. The second-order valence-electron chi connectivity index (χ2n) is 5.48. The van der Waals surface area contributed by atoms with Gasteiger partial charge >= 0.3 is 0 Å². The van der Waals surface area contributed by atoms with Crippen LogP contribution in [-0.4, -0.2) is 9.78 Å². The Morgan fingerprint density at radius 2 is 1.76 bits per heavy atom. The van der Waals surface area contributed by atoms with Crippen LogP contribution in [0.1, 0.15) is 48.3 Å². The number of nitrogens with two attached hydrogens (primary N) is 1. The molecule has 21 heavy (non-hydrogen) atoms. The Kier molecular flexibility index (Phi) is 5.24. The van der Waals surface area contributed by atoms with Crippen LogP contribution in [0, 0.1) is 13.8 Å². The molecule has 0 amide bonds. The first-order valence-electron chi connectivity index (χ1n) is 6.82. The van der Waals surface area contributed by atoms with E-state index in [2.05, 4.69) is 82.2 Å². The fourth-order valence-corrected chi connectivity index (χ4v) is 3.24. The number of halogens is 2. The van der Waals surface area contributed by atoms with E-state index in [1.54, 1.807) is 0 Å². The van der Waals surface area contributed by atoms with Gasteiger partial charge in [0.15, 0.2) is 0 Å². The largest absolute Gasteiger partial charge is 0.271 e. The highest BCUT2D eigenvalue weighted by Gasteiger charge is 2.23. The van der Waals surface area contributed by atoms with Crippen LogP contribution >= 0.6 is 31.9 Å². The summed E-state index contributed by atoms with van der Waals surface area (Å²) >= 11 is 7.19. The highest BCUT2D eigenvalue weighted by Crippen LogP contribution is 2.33. The van der Waals surface area contributed by atoms with Gasteiger partial charge in [-0.3, -0.25) is 10.5 Å². The second-order valence-corrected chi connectivity index (χ2v) is 7.13. The van der Waals surface area contributed by atoms with Gasteiger partial charge in [-0.15, -0.1) is 0 Å². The molecule has 0 radical (unpaired) electrons. The average molecular weight is 416 g/mol. The highest BCUT2D eigenvalue weighted by atomic mass is 79.9. The average Bonchev–Trinajstić information content (AvgIpc) is 2.79. The molecule has 2 rings (SSSR count). The third-order valence-corrected chi connectivity index (χ3v) is 5.37. The molecular formula is C15H20Br2N4. The first-order valence-corrected chi connectivity index (χ1v) is 8.41. The van der Waals surface area contributed by atoms with Crippen molar-refractivity contribution < 1.29 is 0 Å². The topological polar surface area (TPSA) is 55.9 Å². The van der Waals surface area contributed by atoms with Gasteiger partial charge in [-0.25, -0.2) is 5.43 Å². The van der Waals surface area contributed by atoms with E-state index in [0.29, 0.717) is 0 Å². The van der Waals surface area contributed by atoms with Crippen molar-refractivity contribution >= 4 is 31.9 Å². The van der Waals surface area contributed by atoms with E-state index in [1.165, 1.54) is 11.1 Å². The van der Waals surface area contributed by atoms with Gasteiger partial charge < -0.3 is 0 Å². The number of hydrogen-bond donors (Lipinski definition) is 2. The fraction of sp³-hybridized carbons (Fsp3) is 0.400. The van der Waals surface area contributed by atoms with Crippen LogP contribution in [-0.2, 0) is 0 Å². The van der Waals surface area contributed by atoms with Gasteiger partial charge in [0.25, 0.3) is 0 Å². The predicted octanol–water partition coefficient (Wildman–Crippen LogP) is 4.16. The molecule has 0 aliphatic carbocycles. The van der Waals surface area contributed by atoms with Crippen molar-refractivity contribution in [2.75, 3.05) is 0 Å². The number of benzene rings is 1. The minimum absolute atomic E-state index is 0.116. The van der Waals surface area contributed by atoms with Gasteiger partial charge in [0.05, 0.1) is 22.4 Å². The quantitative estimate of drug-likeness (QED) is 0.582. The molecule has 0 aliphatic rings. The summed E-state index contributed by atoms with van der Waals surface area (Å²) in [5.74, 6) is 5.85. The Hall–Kier alpha value is -0.690. The number of nitrogens with one attached hydrogen (secondary N) is 1. The van der Waals surface area contributed by atoms with Gasteiger partial charge in [-0.05, 0) is 60.3 Å². The van der Waals surface area contributed by atoms with E-state index >= 15 is 0 Å². The molecule has 114 valence electrons. The lowest BCUT2D eigenvalue weighted by atomic mass is 9.99. The second kappa shape index (κ2) is 6.60. The fourth-order valence-electron chi connectivity index (χ4n) is 2.51. The lowest BCUT2D eigenvalue weighted by Crippen LogP contribution is -2.31. The lowest BCUT2D eigenvalue weighted by molar-refractivity contribution is 0.475. The molecule has 0 saturated carbocycles. The van der Waals surface area contributed by atoms with Crippen LogP contribution in [0.4, 0.5) is 0 Å². The van der Waals surface area contributed by atoms with E-state index in [4.69, 9.17) is 5.84 Å². The Labute approximate surface area is 142 Å². The Morgan fingerprint density at radius 3 is 2.24 bits per heavy atom. The molecular weight excluding hydrogens is 396 g/mol. The molecule has 0 aliphatic heterocycles. The molecule has 1 aromatic carbocycles. The number of aryl methyl sites for hydroxylation is 2. The molecule has 1 heterocycles. The van der Waals surface area contributed by atoms with Crippen LogP contribution in [0.3, 0.4) is 0 Å². The zero-order valence-corrected chi connectivity index (χ0v) is 15.8. The first kappa shape index (κ1) is 16.7. The number of hydrogen-bond acceptors (Lipinski definition) is 3. The van der Waals surface area contributed by atoms with Crippen molar-refractivity contribution in [3.05, 3.63) is 49.7 Å². The van der Waals surface area contributed by atoms with Gasteiger partial charge in [0.2, 0.25) is 0 Å². The van der Waals surface area contributed by atoms with Gasteiger partial charge in [0.1, 0.15) is 0 Å². The summed E-state index contributed by atoms with van der Waals surface area (Å²) in [4.78, 5) is 0. The standard InChI is InChI=1S/C15H20Br2N4/c1-8(2)21-15(12(16)7-19-21)14(20-18)11-5-9(3)13(17)10(4)6-11/h5-8,14,20H,18H2,1-4H3. The summed E-state index contributed by atoms with van der Waals surface area (Å²) in [5, 5.41) is 4.44. The zero-order chi connectivity index (χ0) is 15.7. The summed E-state index contributed by atoms with van der Waals surface area (Å²) in [7, 11) is 0. The Bertz CT molecular complexity index is 626. The van der Waals surface area contributed by atoms with Crippen LogP contribution in [0.2, 0.25) is 0 Å². The third-order valence-electron chi connectivity index (χ3n) is 3.51. The monoisotopic (exact) mass is 414 g/mol. The minimum Gasteiger partial charge on any atom is -0.271 e. The van der Waals surface area contributed by atoms with Gasteiger partial charge in [-0.1, -0.05) is 28.1 Å². The molecule has 0 saturated heterocycles. The van der Waals surface area contributed by atoms with E-state index in [0.717, 1.165) is 20.2 Å². The number of hydrazine groups is 1. The van der Waals surface area contributed by atoms with Crippen molar-refractivity contribution in [1.82, 2.24) is 15.2 Å². The maximum Gasteiger partial charge on any atom is 0.0890 e. The van der Waals surface area contributed by atoms with Crippen molar-refractivity contribution in [2.24, 2.45) is 5.84 Å². The lowest BCUT2D eigenvalue weighted by Gasteiger charge is -2.22. The molecule has 0 fully saturated rings. The molecule has 4 nitrogen and oxygen atoms in total. The third kappa shape index (κ3) is 3.23. The van der Waals surface area contributed by atoms with E-state index in [1.807, 2.05) is 10.9 Å². The maximum atomic E-state index is 5.85. The van der Waals surface area contributed by atoms with E-state index in [-0.39, 0.29) is 12.1 Å². The SMILES string of the molecule is Cc1cc(C(NN)c2c(Br)cnn2C(C)C)cc(C)c1Br. The molecule has 0 bridgehead atoms. The summed E-state index contributed by atoms with van der Waals surface area (Å²) < 4.78 is 4.08. The van der Waals surface area contributed by atoms with Crippen molar-refractivity contribution in [3.63, 3.8) is 0 Å². The summed E-state index contributed by atoms with van der Waals surface area (Å²) in [5.41, 5.74) is 7.47. The molecule has 1 atom stereocenters. The smallest absolute Gasteiger partial charge is 0.0890 e. The summed E-state index contributed by atoms with van der Waals surface area (Å²) in [6.07, 6.45) is 1.82. The molecule has 1 aromatic heterocycles. The number of aromatic nitrogens is 2. The van der Waals surface area contributed by atoms with Crippen LogP contribution in [0.25, 0.3) is 0 Å². The maximum absolute atomic E-state index is 5.85. The Morgan fingerprint density at radius 1 is 1.19 bits per heavy atom.